The van der Waals surface area contributed by atoms with Crippen molar-refractivity contribution in [2.24, 2.45) is 0 Å². The molecule has 1 heterocycles. The molecule has 0 aliphatic carbocycles. The minimum absolute atomic E-state index is 0.103. The van der Waals surface area contributed by atoms with Gasteiger partial charge in [-0.25, -0.2) is 0 Å². The van der Waals surface area contributed by atoms with Crippen LogP contribution in [0.1, 0.15) is 20.3 Å². The van der Waals surface area contributed by atoms with Gasteiger partial charge in [-0.2, -0.15) is 0 Å². The summed E-state index contributed by atoms with van der Waals surface area (Å²) >= 11 is 0. The normalized spacial score (nSPS) is 11.4. The van der Waals surface area contributed by atoms with Crippen molar-refractivity contribution in [1.82, 2.24) is 20.3 Å². The maximum absolute atomic E-state index is 11.6. The van der Waals surface area contributed by atoms with Gasteiger partial charge in [0.1, 0.15) is 5.60 Å². The van der Waals surface area contributed by atoms with E-state index < -0.39 is 5.60 Å². The number of nitrogens with zero attached hydrogens (tertiary/aromatic N) is 3. The first-order valence-corrected chi connectivity index (χ1v) is 5.24. The summed E-state index contributed by atoms with van der Waals surface area (Å²) in [7, 11) is 1.52. The number of ether oxygens (including phenoxy) is 1. The van der Waals surface area contributed by atoms with Crippen LogP contribution in [-0.2, 0) is 16.1 Å². The average Bonchev–Trinajstić information content (AvgIpc) is 2.76. The van der Waals surface area contributed by atoms with Crippen LogP contribution in [-0.4, -0.2) is 40.2 Å². The van der Waals surface area contributed by atoms with Crippen LogP contribution < -0.4 is 5.32 Å². The van der Waals surface area contributed by atoms with Crippen molar-refractivity contribution in [2.75, 3.05) is 13.7 Å². The molecule has 0 spiro atoms. The molecule has 0 saturated heterocycles. The summed E-state index contributed by atoms with van der Waals surface area (Å²) in [5.41, 5.74) is -0.771. The smallest absolute Gasteiger partial charge is 0.251 e. The number of carbonyl (C=O) groups is 1. The molecule has 6 heteroatoms. The Morgan fingerprint density at radius 3 is 2.88 bits per heavy atom. The Morgan fingerprint density at radius 1 is 1.56 bits per heavy atom. The number of carbonyl (C=O) groups excluding carboxylic acids is 1. The van der Waals surface area contributed by atoms with Gasteiger partial charge in [-0.15, -0.1) is 5.10 Å². The lowest BCUT2D eigenvalue weighted by atomic mass is 10.1. The van der Waals surface area contributed by atoms with E-state index in [1.54, 1.807) is 30.9 Å². The molecular formula is C10H18N4O2. The Hall–Kier alpha value is -1.43. The highest BCUT2D eigenvalue weighted by Crippen LogP contribution is 2.06. The molecule has 1 aromatic heterocycles. The van der Waals surface area contributed by atoms with Crippen molar-refractivity contribution in [1.29, 1.82) is 0 Å². The van der Waals surface area contributed by atoms with Gasteiger partial charge < -0.3 is 10.1 Å². The zero-order valence-corrected chi connectivity index (χ0v) is 9.93. The number of aromatic nitrogens is 3. The molecule has 0 atom stereocenters. The second-order valence-corrected chi connectivity index (χ2v) is 3.99. The maximum Gasteiger partial charge on any atom is 0.251 e. The van der Waals surface area contributed by atoms with Crippen molar-refractivity contribution < 1.29 is 9.53 Å². The van der Waals surface area contributed by atoms with Crippen LogP contribution in [0.3, 0.4) is 0 Å². The summed E-state index contributed by atoms with van der Waals surface area (Å²) in [6.45, 7) is 4.82. The first-order valence-electron chi connectivity index (χ1n) is 5.24. The number of hydrogen-bond acceptors (Lipinski definition) is 4. The van der Waals surface area contributed by atoms with Crippen LogP contribution in [0.4, 0.5) is 0 Å². The molecule has 1 rings (SSSR count). The van der Waals surface area contributed by atoms with Crippen LogP contribution in [0.15, 0.2) is 12.4 Å². The third kappa shape index (κ3) is 3.62. The molecule has 1 aromatic rings. The monoisotopic (exact) mass is 226 g/mol. The van der Waals surface area contributed by atoms with E-state index in [4.69, 9.17) is 4.74 Å². The second kappa shape index (κ2) is 5.60. The fraction of sp³-hybridized carbons (Fsp3) is 0.700. The third-order valence-electron chi connectivity index (χ3n) is 2.38. The van der Waals surface area contributed by atoms with E-state index in [-0.39, 0.29) is 5.91 Å². The van der Waals surface area contributed by atoms with E-state index in [1.807, 2.05) is 0 Å². The van der Waals surface area contributed by atoms with E-state index >= 15 is 0 Å². The summed E-state index contributed by atoms with van der Waals surface area (Å²) in [6, 6.07) is 0. The zero-order valence-electron chi connectivity index (χ0n) is 9.93. The molecule has 0 bridgehead atoms. The lowest BCUT2D eigenvalue weighted by molar-refractivity contribution is -0.139. The Kier molecular flexibility index (Phi) is 4.42. The summed E-state index contributed by atoms with van der Waals surface area (Å²) in [6.07, 6.45) is 4.24. The average molecular weight is 226 g/mol. The van der Waals surface area contributed by atoms with Crippen LogP contribution in [0, 0.1) is 0 Å². The topological polar surface area (TPSA) is 69.0 Å². The molecule has 6 nitrogen and oxygen atoms in total. The Morgan fingerprint density at radius 2 is 2.31 bits per heavy atom. The lowest BCUT2D eigenvalue weighted by Crippen LogP contribution is -2.44. The SMILES string of the molecule is COC(C)(C)C(=O)NCCCn1ccnn1. The molecule has 0 unspecified atom stereocenters. The molecule has 0 saturated carbocycles. The summed E-state index contributed by atoms with van der Waals surface area (Å²) in [4.78, 5) is 11.6. The van der Waals surface area contributed by atoms with Crippen molar-refractivity contribution >= 4 is 5.91 Å². The third-order valence-corrected chi connectivity index (χ3v) is 2.38. The summed E-state index contributed by atoms with van der Waals surface area (Å²) in [5.74, 6) is -0.103. The fourth-order valence-corrected chi connectivity index (χ4v) is 1.10. The highest BCUT2D eigenvalue weighted by molar-refractivity contribution is 5.84. The van der Waals surface area contributed by atoms with Gasteiger partial charge in [-0.05, 0) is 20.3 Å². The molecular weight excluding hydrogens is 208 g/mol. The fourth-order valence-electron chi connectivity index (χ4n) is 1.10. The van der Waals surface area contributed by atoms with Crippen LogP contribution in [0.2, 0.25) is 0 Å². The van der Waals surface area contributed by atoms with Crippen molar-refractivity contribution in [3.05, 3.63) is 12.4 Å². The van der Waals surface area contributed by atoms with Gasteiger partial charge in [0.15, 0.2) is 0 Å². The van der Waals surface area contributed by atoms with Gasteiger partial charge >= 0.3 is 0 Å². The Balaban J connectivity index is 2.18. The van der Waals surface area contributed by atoms with Gasteiger partial charge in [-0.1, -0.05) is 5.21 Å². The number of methoxy groups -OCH3 is 1. The van der Waals surface area contributed by atoms with Gasteiger partial charge in [-0.3, -0.25) is 9.48 Å². The number of rotatable bonds is 6. The highest BCUT2D eigenvalue weighted by atomic mass is 16.5. The first kappa shape index (κ1) is 12.6. The standard InChI is InChI=1S/C10H18N4O2/c1-10(2,16-3)9(15)11-5-4-7-14-8-6-12-13-14/h6,8H,4-5,7H2,1-3H3,(H,11,15). The lowest BCUT2D eigenvalue weighted by Gasteiger charge is -2.21. The van der Waals surface area contributed by atoms with E-state index in [9.17, 15) is 4.79 Å². The number of aryl methyl sites for hydroxylation is 1. The largest absolute Gasteiger partial charge is 0.369 e. The minimum atomic E-state index is -0.771. The van der Waals surface area contributed by atoms with Crippen molar-refractivity contribution in [3.63, 3.8) is 0 Å². The molecule has 90 valence electrons. The van der Waals surface area contributed by atoms with Gasteiger partial charge in [0.05, 0.1) is 6.20 Å². The summed E-state index contributed by atoms with van der Waals surface area (Å²) < 4.78 is 6.79. The Labute approximate surface area is 95.0 Å². The summed E-state index contributed by atoms with van der Waals surface area (Å²) in [5, 5.41) is 10.3. The van der Waals surface area contributed by atoms with Crippen LogP contribution >= 0.6 is 0 Å². The molecule has 0 aliphatic heterocycles. The maximum atomic E-state index is 11.6. The number of amides is 1. The first-order chi connectivity index (χ1) is 7.56. The minimum Gasteiger partial charge on any atom is -0.369 e. The second-order valence-electron chi connectivity index (χ2n) is 3.99. The van der Waals surface area contributed by atoms with E-state index in [0.717, 1.165) is 13.0 Å². The van der Waals surface area contributed by atoms with Crippen molar-refractivity contribution in [3.8, 4) is 0 Å². The molecule has 1 amide bonds. The van der Waals surface area contributed by atoms with Gasteiger partial charge in [0.2, 0.25) is 0 Å². The predicted octanol–water partition coefficient (Wildman–Crippen LogP) is 0.209. The van der Waals surface area contributed by atoms with E-state index in [0.29, 0.717) is 6.54 Å². The predicted molar refractivity (Wildman–Crippen MR) is 58.7 cm³/mol. The molecule has 0 fully saturated rings. The molecule has 0 radical (unpaired) electrons. The van der Waals surface area contributed by atoms with Crippen LogP contribution in [0.25, 0.3) is 0 Å². The molecule has 16 heavy (non-hydrogen) atoms. The Bertz CT molecular complexity index is 322. The van der Waals surface area contributed by atoms with E-state index in [1.165, 1.54) is 7.11 Å². The quantitative estimate of drug-likeness (QED) is 0.704. The molecule has 1 N–H and O–H groups in total. The van der Waals surface area contributed by atoms with Gasteiger partial charge in [0, 0.05) is 26.4 Å². The molecule has 0 aliphatic rings. The number of nitrogens with one attached hydrogen (secondary N) is 1. The highest BCUT2D eigenvalue weighted by Gasteiger charge is 2.26. The van der Waals surface area contributed by atoms with Crippen LogP contribution in [0.5, 0.6) is 0 Å². The molecule has 0 aromatic carbocycles. The van der Waals surface area contributed by atoms with Gasteiger partial charge in [0.25, 0.3) is 5.91 Å². The van der Waals surface area contributed by atoms with Crippen molar-refractivity contribution in [2.45, 2.75) is 32.4 Å². The zero-order chi connectivity index (χ0) is 12.0. The number of hydrogen-bond donors (Lipinski definition) is 1. The van der Waals surface area contributed by atoms with E-state index in [2.05, 4.69) is 15.6 Å².